The van der Waals surface area contributed by atoms with Crippen molar-refractivity contribution in [2.75, 3.05) is 0 Å². The van der Waals surface area contributed by atoms with Crippen LogP contribution in [-0.4, -0.2) is 10.8 Å². The molecule has 20 heavy (non-hydrogen) atoms. The first-order valence-electron chi connectivity index (χ1n) is 7.99. The molecule has 0 aromatic heterocycles. The van der Waals surface area contributed by atoms with Gasteiger partial charge >= 0.3 is 0 Å². The van der Waals surface area contributed by atoms with Crippen molar-refractivity contribution in [2.45, 2.75) is 51.4 Å². The highest BCUT2D eigenvalue weighted by Gasteiger charge is 2.52. The van der Waals surface area contributed by atoms with E-state index in [4.69, 9.17) is 5.41 Å². The van der Waals surface area contributed by atoms with E-state index in [0.29, 0.717) is 11.7 Å². The van der Waals surface area contributed by atoms with Crippen LogP contribution in [0.25, 0.3) is 0 Å². The molecule has 4 rings (SSSR count). The molecule has 2 heteroatoms. The van der Waals surface area contributed by atoms with Gasteiger partial charge in [-0.2, -0.15) is 0 Å². The SMILES string of the molecule is CC12CCC3c4ccc(O)cc4CCC3C1CCC2=N. The van der Waals surface area contributed by atoms with Crippen LogP contribution >= 0.6 is 0 Å². The van der Waals surface area contributed by atoms with Gasteiger partial charge in [-0.15, -0.1) is 0 Å². The van der Waals surface area contributed by atoms with Gasteiger partial charge < -0.3 is 10.5 Å². The van der Waals surface area contributed by atoms with Gasteiger partial charge in [-0.3, -0.25) is 0 Å². The highest BCUT2D eigenvalue weighted by atomic mass is 16.3. The predicted octanol–water partition coefficient (Wildman–Crippen LogP) is 4.27. The zero-order valence-corrected chi connectivity index (χ0v) is 12.2. The minimum absolute atomic E-state index is 0.190. The van der Waals surface area contributed by atoms with Crippen LogP contribution in [0.2, 0.25) is 0 Å². The summed E-state index contributed by atoms with van der Waals surface area (Å²) < 4.78 is 0. The molecule has 0 spiro atoms. The van der Waals surface area contributed by atoms with Crippen LogP contribution in [0.15, 0.2) is 18.2 Å². The minimum Gasteiger partial charge on any atom is -0.508 e. The highest BCUT2D eigenvalue weighted by molar-refractivity contribution is 5.89. The molecular formula is C18H23NO. The van der Waals surface area contributed by atoms with Gasteiger partial charge in [0.05, 0.1) is 0 Å². The van der Waals surface area contributed by atoms with E-state index in [1.54, 1.807) is 0 Å². The fraction of sp³-hybridized carbons (Fsp3) is 0.611. The summed E-state index contributed by atoms with van der Waals surface area (Å²) in [5.41, 5.74) is 4.05. The third kappa shape index (κ3) is 1.54. The van der Waals surface area contributed by atoms with Crippen molar-refractivity contribution in [2.24, 2.45) is 17.3 Å². The molecule has 3 aliphatic rings. The molecule has 0 bridgehead atoms. The van der Waals surface area contributed by atoms with Gasteiger partial charge in [0.25, 0.3) is 0 Å². The van der Waals surface area contributed by atoms with Crippen molar-refractivity contribution in [3.63, 3.8) is 0 Å². The molecule has 1 aromatic carbocycles. The Morgan fingerprint density at radius 3 is 2.90 bits per heavy atom. The van der Waals surface area contributed by atoms with Crippen LogP contribution in [0.5, 0.6) is 5.75 Å². The van der Waals surface area contributed by atoms with E-state index in [1.807, 2.05) is 12.1 Å². The summed E-state index contributed by atoms with van der Waals surface area (Å²) in [5, 5.41) is 18.0. The van der Waals surface area contributed by atoms with Crippen molar-refractivity contribution in [1.82, 2.24) is 0 Å². The van der Waals surface area contributed by atoms with Crippen molar-refractivity contribution in [1.29, 1.82) is 5.41 Å². The quantitative estimate of drug-likeness (QED) is 0.726. The van der Waals surface area contributed by atoms with E-state index >= 15 is 0 Å². The molecule has 2 fully saturated rings. The lowest BCUT2D eigenvalue weighted by Gasteiger charge is -2.49. The van der Waals surface area contributed by atoms with Gasteiger partial charge in [-0.05, 0) is 79.5 Å². The molecule has 106 valence electrons. The number of aryl methyl sites for hydroxylation is 1. The normalized spacial score (nSPS) is 39.0. The molecule has 2 N–H and O–H groups in total. The Morgan fingerprint density at radius 1 is 1.20 bits per heavy atom. The van der Waals surface area contributed by atoms with Crippen molar-refractivity contribution in [3.05, 3.63) is 29.3 Å². The minimum atomic E-state index is 0.190. The van der Waals surface area contributed by atoms with Gasteiger partial charge in [0.15, 0.2) is 0 Å². The zero-order valence-electron chi connectivity index (χ0n) is 12.2. The van der Waals surface area contributed by atoms with Crippen LogP contribution in [-0.2, 0) is 6.42 Å². The molecule has 0 radical (unpaired) electrons. The molecule has 1 aromatic rings. The maximum atomic E-state index is 9.68. The first-order chi connectivity index (χ1) is 9.59. The Bertz CT molecular complexity index is 579. The fourth-order valence-corrected chi connectivity index (χ4v) is 5.38. The number of benzene rings is 1. The summed E-state index contributed by atoms with van der Waals surface area (Å²) >= 11 is 0. The Morgan fingerprint density at radius 2 is 2.05 bits per heavy atom. The van der Waals surface area contributed by atoms with E-state index in [0.717, 1.165) is 30.4 Å². The number of phenols is 1. The first-order valence-corrected chi connectivity index (χ1v) is 7.99. The smallest absolute Gasteiger partial charge is 0.115 e. The Kier molecular flexibility index (Phi) is 2.55. The van der Waals surface area contributed by atoms with E-state index in [-0.39, 0.29) is 5.41 Å². The molecule has 0 amide bonds. The summed E-state index contributed by atoms with van der Waals surface area (Å²) in [5.74, 6) is 2.55. The Labute approximate surface area is 120 Å². The predicted molar refractivity (Wildman–Crippen MR) is 80.5 cm³/mol. The standard InChI is InChI=1S/C18H23NO/c1-18-9-8-14-13-5-3-12(20)10-11(13)2-4-15(14)16(18)6-7-17(18)19/h3,5,10,14-16,19-20H,2,4,6-9H2,1H3. The summed E-state index contributed by atoms with van der Waals surface area (Å²) in [6.45, 7) is 2.34. The highest BCUT2D eigenvalue weighted by Crippen LogP contribution is 2.59. The monoisotopic (exact) mass is 269 g/mol. The van der Waals surface area contributed by atoms with Crippen molar-refractivity contribution in [3.8, 4) is 5.75 Å². The summed E-state index contributed by atoms with van der Waals surface area (Å²) in [7, 11) is 0. The average Bonchev–Trinajstić information content (AvgIpc) is 2.74. The number of rotatable bonds is 0. The molecule has 4 unspecified atom stereocenters. The molecule has 0 heterocycles. The molecule has 3 aliphatic carbocycles. The van der Waals surface area contributed by atoms with E-state index in [1.165, 1.54) is 36.8 Å². The lowest BCUT2D eigenvalue weighted by Crippen LogP contribution is -2.42. The number of aromatic hydroxyl groups is 1. The van der Waals surface area contributed by atoms with E-state index < -0.39 is 0 Å². The van der Waals surface area contributed by atoms with E-state index in [2.05, 4.69) is 13.0 Å². The van der Waals surface area contributed by atoms with Crippen LogP contribution < -0.4 is 0 Å². The van der Waals surface area contributed by atoms with Gasteiger partial charge in [0.2, 0.25) is 0 Å². The molecule has 4 atom stereocenters. The first kappa shape index (κ1) is 12.4. The number of hydrogen-bond acceptors (Lipinski definition) is 2. The number of nitrogens with one attached hydrogen (secondary N) is 1. The van der Waals surface area contributed by atoms with Crippen LogP contribution in [0, 0.1) is 22.7 Å². The fourth-order valence-electron chi connectivity index (χ4n) is 5.38. The topological polar surface area (TPSA) is 44.1 Å². The number of hydrogen-bond donors (Lipinski definition) is 2. The lowest BCUT2D eigenvalue weighted by molar-refractivity contribution is 0.0953. The molecule has 0 saturated heterocycles. The molecular weight excluding hydrogens is 246 g/mol. The summed E-state index contributed by atoms with van der Waals surface area (Å²) in [4.78, 5) is 0. The summed E-state index contributed by atoms with van der Waals surface area (Å²) in [6, 6.07) is 5.98. The summed E-state index contributed by atoms with van der Waals surface area (Å²) in [6.07, 6.45) is 6.99. The zero-order chi connectivity index (χ0) is 13.9. The maximum Gasteiger partial charge on any atom is 0.115 e. The van der Waals surface area contributed by atoms with Gasteiger partial charge in [-0.1, -0.05) is 13.0 Å². The molecule has 2 saturated carbocycles. The van der Waals surface area contributed by atoms with E-state index in [9.17, 15) is 5.11 Å². The van der Waals surface area contributed by atoms with Gasteiger partial charge in [-0.25, -0.2) is 0 Å². The van der Waals surface area contributed by atoms with Gasteiger partial charge in [0, 0.05) is 11.1 Å². The maximum absolute atomic E-state index is 9.68. The third-order valence-electron chi connectivity index (χ3n) is 6.49. The molecule has 2 nitrogen and oxygen atoms in total. The van der Waals surface area contributed by atoms with Crippen LogP contribution in [0.4, 0.5) is 0 Å². The lowest BCUT2D eigenvalue weighted by atomic mass is 9.55. The van der Waals surface area contributed by atoms with Crippen molar-refractivity contribution < 1.29 is 5.11 Å². The number of fused-ring (bicyclic) bond motifs is 5. The Hall–Kier alpha value is -1.31. The van der Waals surface area contributed by atoms with Crippen LogP contribution in [0.3, 0.4) is 0 Å². The van der Waals surface area contributed by atoms with Crippen LogP contribution in [0.1, 0.15) is 56.1 Å². The second-order valence-corrected chi connectivity index (χ2v) is 7.27. The number of phenolic OH excluding ortho intramolecular Hbond substituents is 1. The Balaban J connectivity index is 1.73. The third-order valence-corrected chi connectivity index (χ3v) is 6.49. The van der Waals surface area contributed by atoms with Crippen molar-refractivity contribution >= 4 is 5.71 Å². The largest absolute Gasteiger partial charge is 0.508 e. The van der Waals surface area contributed by atoms with Gasteiger partial charge in [0.1, 0.15) is 5.75 Å². The second-order valence-electron chi connectivity index (χ2n) is 7.27. The molecule has 0 aliphatic heterocycles. The second kappa shape index (κ2) is 4.09. The average molecular weight is 269 g/mol.